The standard InChI is InChI=1S/C17H17F6N3O3/c18-16(19,20)9-13(27)25-5-7-26(8-6-25)14(28)10-24-15(29)11-1-3-12(4-2-11)17(21,22)23/h1-4H,5-10H2,(H,24,29). The average Bonchev–Trinajstić information content (AvgIpc) is 2.64. The van der Waals surface area contributed by atoms with Gasteiger partial charge in [-0.15, -0.1) is 0 Å². The molecule has 1 N–H and O–H groups in total. The van der Waals surface area contributed by atoms with E-state index >= 15 is 0 Å². The van der Waals surface area contributed by atoms with E-state index in [1.165, 1.54) is 4.90 Å². The lowest BCUT2D eigenvalue weighted by Gasteiger charge is -2.35. The Morgan fingerprint density at radius 2 is 1.31 bits per heavy atom. The lowest BCUT2D eigenvalue weighted by molar-refractivity contribution is -0.163. The number of rotatable bonds is 4. The predicted octanol–water partition coefficient (Wildman–Crippen LogP) is 2.06. The molecular weight excluding hydrogens is 408 g/mol. The molecule has 0 atom stereocenters. The third-order valence-electron chi connectivity index (χ3n) is 4.21. The quantitative estimate of drug-likeness (QED) is 0.751. The van der Waals surface area contributed by atoms with Crippen molar-refractivity contribution in [3.63, 3.8) is 0 Å². The third kappa shape index (κ3) is 6.64. The van der Waals surface area contributed by atoms with Crippen molar-refractivity contribution in [1.82, 2.24) is 15.1 Å². The lowest BCUT2D eigenvalue weighted by Crippen LogP contribution is -2.53. The molecule has 6 nitrogen and oxygen atoms in total. The first kappa shape index (κ1) is 22.5. The van der Waals surface area contributed by atoms with Crippen LogP contribution in [0.5, 0.6) is 0 Å². The molecule has 1 aliphatic rings. The van der Waals surface area contributed by atoms with E-state index in [0.29, 0.717) is 0 Å². The molecule has 1 aromatic rings. The highest BCUT2D eigenvalue weighted by molar-refractivity contribution is 5.96. The second-order valence-corrected chi connectivity index (χ2v) is 6.31. The maximum absolute atomic E-state index is 12.5. The lowest BCUT2D eigenvalue weighted by atomic mass is 10.1. The summed E-state index contributed by atoms with van der Waals surface area (Å²) in [5.41, 5.74) is -0.976. The molecule has 0 aliphatic carbocycles. The molecule has 3 amide bonds. The van der Waals surface area contributed by atoms with Crippen molar-refractivity contribution in [3.8, 4) is 0 Å². The molecule has 1 aliphatic heterocycles. The van der Waals surface area contributed by atoms with Crippen LogP contribution in [0.15, 0.2) is 24.3 Å². The summed E-state index contributed by atoms with van der Waals surface area (Å²) in [7, 11) is 0. The molecule has 0 spiro atoms. The summed E-state index contributed by atoms with van der Waals surface area (Å²) >= 11 is 0. The maximum atomic E-state index is 12.5. The van der Waals surface area contributed by atoms with Gasteiger partial charge in [-0.25, -0.2) is 0 Å². The highest BCUT2D eigenvalue weighted by atomic mass is 19.4. The summed E-state index contributed by atoms with van der Waals surface area (Å²) in [4.78, 5) is 37.9. The number of carbonyl (C=O) groups excluding carboxylic acids is 3. The number of amides is 3. The van der Waals surface area contributed by atoms with Crippen molar-refractivity contribution in [2.45, 2.75) is 18.8 Å². The molecular formula is C17H17F6N3O3. The van der Waals surface area contributed by atoms with Gasteiger partial charge in [0, 0.05) is 31.7 Å². The zero-order chi connectivity index (χ0) is 21.8. The van der Waals surface area contributed by atoms with E-state index in [0.717, 1.165) is 29.2 Å². The molecule has 0 unspecified atom stereocenters. The maximum Gasteiger partial charge on any atom is 0.416 e. The minimum Gasteiger partial charge on any atom is -0.343 e. The Bertz CT molecular complexity index is 753. The SMILES string of the molecule is O=C(NCC(=O)N1CCN(C(=O)CC(F)(F)F)CC1)c1ccc(C(F)(F)F)cc1. The molecule has 1 saturated heterocycles. The number of benzene rings is 1. The van der Waals surface area contributed by atoms with Gasteiger partial charge in [0.15, 0.2) is 0 Å². The predicted molar refractivity (Wildman–Crippen MR) is 87.6 cm³/mol. The highest BCUT2D eigenvalue weighted by Gasteiger charge is 2.35. The summed E-state index contributed by atoms with van der Waals surface area (Å²) in [6, 6.07) is 3.45. The van der Waals surface area contributed by atoms with E-state index in [4.69, 9.17) is 0 Å². The van der Waals surface area contributed by atoms with Gasteiger partial charge in [-0.05, 0) is 24.3 Å². The summed E-state index contributed by atoms with van der Waals surface area (Å²) < 4.78 is 74.3. The van der Waals surface area contributed by atoms with Crippen LogP contribution in [-0.4, -0.2) is 66.4 Å². The van der Waals surface area contributed by atoms with Gasteiger partial charge in [0.05, 0.1) is 12.1 Å². The Kier molecular flexibility index (Phi) is 6.75. The van der Waals surface area contributed by atoms with E-state index < -0.39 is 48.6 Å². The minimum absolute atomic E-state index is 0.0125. The van der Waals surface area contributed by atoms with E-state index in [1.54, 1.807) is 0 Å². The first-order valence-electron chi connectivity index (χ1n) is 8.44. The Balaban J connectivity index is 1.80. The van der Waals surface area contributed by atoms with Crippen LogP contribution in [-0.2, 0) is 15.8 Å². The summed E-state index contributed by atoms with van der Waals surface area (Å²) in [6.07, 6.45) is -10.7. The van der Waals surface area contributed by atoms with Gasteiger partial charge in [0.25, 0.3) is 5.91 Å². The van der Waals surface area contributed by atoms with Gasteiger partial charge in [-0.2, -0.15) is 26.3 Å². The van der Waals surface area contributed by atoms with Crippen molar-refractivity contribution in [1.29, 1.82) is 0 Å². The smallest absolute Gasteiger partial charge is 0.343 e. The van der Waals surface area contributed by atoms with Crippen molar-refractivity contribution in [3.05, 3.63) is 35.4 Å². The molecule has 160 valence electrons. The molecule has 2 rings (SSSR count). The van der Waals surface area contributed by atoms with Crippen molar-refractivity contribution < 1.29 is 40.7 Å². The van der Waals surface area contributed by atoms with Gasteiger partial charge in [-0.1, -0.05) is 0 Å². The number of hydrogen-bond donors (Lipinski definition) is 1. The van der Waals surface area contributed by atoms with Gasteiger partial charge in [0.2, 0.25) is 11.8 Å². The molecule has 0 radical (unpaired) electrons. The second-order valence-electron chi connectivity index (χ2n) is 6.31. The largest absolute Gasteiger partial charge is 0.416 e. The van der Waals surface area contributed by atoms with Crippen LogP contribution in [0.1, 0.15) is 22.3 Å². The monoisotopic (exact) mass is 425 g/mol. The highest BCUT2D eigenvalue weighted by Crippen LogP contribution is 2.29. The van der Waals surface area contributed by atoms with E-state index in [9.17, 15) is 40.7 Å². The van der Waals surface area contributed by atoms with Crippen LogP contribution in [0.2, 0.25) is 0 Å². The molecule has 0 aromatic heterocycles. The van der Waals surface area contributed by atoms with Crippen LogP contribution in [0.3, 0.4) is 0 Å². The third-order valence-corrected chi connectivity index (χ3v) is 4.21. The van der Waals surface area contributed by atoms with E-state index in [1.807, 2.05) is 0 Å². The summed E-state index contributed by atoms with van der Waals surface area (Å²) in [6.45, 7) is -0.533. The van der Waals surface area contributed by atoms with Crippen LogP contribution in [0.25, 0.3) is 0 Å². The molecule has 1 aromatic carbocycles. The Labute approximate surface area is 161 Å². The van der Waals surface area contributed by atoms with Crippen LogP contribution in [0, 0.1) is 0 Å². The first-order chi connectivity index (χ1) is 13.4. The molecule has 12 heteroatoms. The van der Waals surface area contributed by atoms with Crippen LogP contribution < -0.4 is 5.32 Å². The molecule has 0 saturated carbocycles. The number of halogens is 6. The average molecular weight is 425 g/mol. The number of nitrogens with zero attached hydrogens (tertiary/aromatic N) is 2. The molecule has 0 bridgehead atoms. The molecule has 29 heavy (non-hydrogen) atoms. The Hall–Kier alpha value is -2.79. The van der Waals surface area contributed by atoms with Gasteiger partial charge >= 0.3 is 12.4 Å². The fourth-order valence-electron chi connectivity index (χ4n) is 2.67. The summed E-state index contributed by atoms with van der Waals surface area (Å²) in [5.74, 6) is -2.33. The van der Waals surface area contributed by atoms with Gasteiger partial charge in [0.1, 0.15) is 6.42 Å². The number of alkyl halides is 6. The topological polar surface area (TPSA) is 69.7 Å². The fourth-order valence-corrected chi connectivity index (χ4v) is 2.67. The second kappa shape index (κ2) is 8.70. The number of carbonyl (C=O) groups is 3. The van der Waals surface area contributed by atoms with Gasteiger partial charge < -0.3 is 15.1 Å². The van der Waals surface area contributed by atoms with Gasteiger partial charge in [-0.3, -0.25) is 14.4 Å². The van der Waals surface area contributed by atoms with Crippen molar-refractivity contribution in [2.24, 2.45) is 0 Å². The summed E-state index contributed by atoms with van der Waals surface area (Å²) in [5, 5.41) is 2.28. The zero-order valence-corrected chi connectivity index (χ0v) is 14.9. The number of hydrogen-bond acceptors (Lipinski definition) is 3. The minimum atomic E-state index is -4.60. The van der Waals surface area contributed by atoms with Crippen molar-refractivity contribution in [2.75, 3.05) is 32.7 Å². The fraction of sp³-hybridized carbons (Fsp3) is 0.471. The zero-order valence-electron chi connectivity index (χ0n) is 14.9. The number of nitrogens with one attached hydrogen (secondary N) is 1. The normalized spacial score (nSPS) is 15.2. The Morgan fingerprint density at radius 1 is 0.828 bits per heavy atom. The molecule has 1 fully saturated rings. The number of piperazine rings is 1. The first-order valence-corrected chi connectivity index (χ1v) is 8.44. The van der Waals surface area contributed by atoms with E-state index in [-0.39, 0.29) is 31.7 Å². The van der Waals surface area contributed by atoms with Crippen LogP contribution >= 0.6 is 0 Å². The van der Waals surface area contributed by atoms with E-state index in [2.05, 4.69) is 5.32 Å². The Morgan fingerprint density at radius 3 is 1.76 bits per heavy atom. The molecule has 1 heterocycles. The van der Waals surface area contributed by atoms with Crippen molar-refractivity contribution >= 4 is 17.7 Å². The van der Waals surface area contributed by atoms with Crippen LogP contribution in [0.4, 0.5) is 26.3 Å².